The molecule has 0 spiro atoms. The van der Waals surface area contributed by atoms with Crippen LogP contribution in [-0.2, 0) is 0 Å². The first-order valence-electron chi connectivity index (χ1n) is 7.48. The minimum atomic E-state index is -0.998. The molecule has 5 heteroatoms. The summed E-state index contributed by atoms with van der Waals surface area (Å²) in [5, 5.41) is 14.7. The number of benzene rings is 1. The normalized spacial score (nSPS) is 16.0. The molecule has 3 N–H and O–H groups in total. The molecule has 1 aromatic rings. The molecule has 0 heterocycles. The molecule has 0 aromatic heterocycles. The van der Waals surface area contributed by atoms with E-state index in [0.29, 0.717) is 5.69 Å². The highest BCUT2D eigenvalue weighted by Gasteiger charge is 2.15. The maximum absolute atomic E-state index is 12.1. The average Bonchev–Trinajstić information content (AvgIpc) is 2.69. The summed E-state index contributed by atoms with van der Waals surface area (Å²) in [4.78, 5) is 23.0. The maximum atomic E-state index is 12.1. The van der Waals surface area contributed by atoms with Crippen LogP contribution >= 0.6 is 0 Å². The van der Waals surface area contributed by atoms with Gasteiger partial charge in [0.15, 0.2) is 0 Å². The molecule has 0 unspecified atom stereocenters. The first-order valence-corrected chi connectivity index (χ1v) is 7.48. The fourth-order valence-corrected chi connectivity index (χ4v) is 2.66. The number of carbonyl (C=O) groups is 2. The Morgan fingerprint density at radius 2 is 1.81 bits per heavy atom. The average molecular weight is 290 g/mol. The second-order valence-electron chi connectivity index (χ2n) is 5.62. The van der Waals surface area contributed by atoms with Crippen LogP contribution in [0, 0.1) is 6.92 Å². The molecule has 21 heavy (non-hydrogen) atoms. The summed E-state index contributed by atoms with van der Waals surface area (Å²) in [6.07, 6.45) is 6.80. The van der Waals surface area contributed by atoms with Crippen molar-refractivity contribution in [2.24, 2.45) is 0 Å². The van der Waals surface area contributed by atoms with E-state index in [1.54, 1.807) is 6.07 Å². The van der Waals surface area contributed by atoms with E-state index in [9.17, 15) is 9.59 Å². The maximum Gasteiger partial charge on any atom is 0.335 e. The SMILES string of the molecule is Cc1ccc(C(=O)O)cc1NC(=O)NC1CCCCCC1. The predicted molar refractivity (Wildman–Crippen MR) is 81.8 cm³/mol. The molecule has 0 radical (unpaired) electrons. The number of aromatic carboxylic acids is 1. The van der Waals surface area contributed by atoms with Gasteiger partial charge in [-0.2, -0.15) is 0 Å². The van der Waals surface area contributed by atoms with Crippen LogP contribution in [0.4, 0.5) is 10.5 Å². The van der Waals surface area contributed by atoms with Crippen molar-refractivity contribution in [3.63, 3.8) is 0 Å². The molecule has 2 amide bonds. The summed E-state index contributed by atoms with van der Waals surface area (Å²) in [7, 11) is 0. The summed E-state index contributed by atoms with van der Waals surface area (Å²) in [6, 6.07) is 4.68. The Morgan fingerprint density at radius 3 is 2.43 bits per heavy atom. The number of nitrogens with one attached hydrogen (secondary N) is 2. The number of carbonyl (C=O) groups excluding carboxylic acids is 1. The molecule has 5 nitrogen and oxygen atoms in total. The summed E-state index contributed by atoms with van der Waals surface area (Å²) in [5.74, 6) is -0.998. The Labute approximate surface area is 124 Å². The number of hydrogen-bond donors (Lipinski definition) is 3. The van der Waals surface area contributed by atoms with Gasteiger partial charge in [-0.25, -0.2) is 9.59 Å². The highest BCUT2D eigenvalue weighted by atomic mass is 16.4. The molecule has 0 bridgehead atoms. The van der Waals surface area contributed by atoms with Crippen LogP contribution in [0.2, 0.25) is 0 Å². The molecule has 1 fully saturated rings. The molecular weight excluding hydrogens is 268 g/mol. The second kappa shape index (κ2) is 7.11. The van der Waals surface area contributed by atoms with Crippen LogP contribution in [0.25, 0.3) is 0 Å². The second-order valence-corrected chi connectivity index (χ2v) is 5.62. The topological polar surface area (TPSA) is 78.4 Å². The van der Waals surface area contributed by atoms with Crippen molar-refractivity contribution >= 4 is 17.7 Å². The number of amides is 2. The lowest BCUT2D eigenvalue weighted by atomic mass is 10.1. The van der Waals surface area contributed by atoms with E-state index in [1.807, 2.05) is 6.92 Å². The van der Waals surface area contributed by atoms with Crippen LogP contribution < -0.4 is 10.6 Å². The van der Waals surface area contributed by atoms with Gasteiger partial charge in [0.05, 0.1) is 5.56 Å². The van der Waals surface area contributed by atoms with E-state index in [2.05, 4.69) is 10.6 Å². The smallest absolute Gasteiger partial charge is 0.335 e. The molecule has 114 valence electrons. The third-order valence-electron chi connectivity index (χ3n) is 3.92. The lowest BCUT2D eigenvalue weighted by molar-refractivity contribution is 0.0697. The first kappa shape index (κ1) is 15.4. The molecule has 0 aliphatic heterocycles. The van der Waals surface area contributed by atoms with E-state index >= 15 is 0 Å². The van der Waals surface area contributed by atoms with Gasteiger partial charge in [-0.1, -0.05) is 31.7 Å². The molecule has 1 aromatic carbocycles. The number of anilines is 1. The van der Waals surface area contributed by atoms with E-state index < -0.39 is 5.97 Å². The zero-order valence-electron chi connectivity index (χ0n) is 12.3. The Morgan fingerprint density at radius 1 is 1.14 bits per heavy atom. The molecule has 1 saturated carbocycles. The highest BCUT2D eigenvalue weighted by molar-refractivity contribution is 5.94. The monoisotopic (exact) mass is 290 g/mol. The Balaban J connectivity index is 1.98. The summed E-state index contributed by atoms with van der Waals surface area (Å²) in [5.41, 5.74) is 1.56. The van der Waals surface area contributed by atoms with Crippen molar-refractivity contribution < 1.29 is 14.7 Å². The van der Waals surface area contributed by atoms with Gasteiger partial charge in [-0.15, -0.1) is 0 Å². The minimum Gasteiger partial charge on any atom is -0.478 e. The van der Waals surface area contributed by atoms with Gasteiger partial charge >= 0.3 is 12.0 Å². The summed E-state index contributed by atoms with van der Waals surface area (Å²) >= 11 is 0. The van der Waals surface area contributed by atoms with Gasteiger partial charge in [0.2, 0.25) is 0 Å². The lowest BCUT2D eigenvalue weighted by Gasteiger charge is -2.17. The van der Waals surface area contributed by atoms with Crippen LogP contribution in [0.1, 0.15) is 54.4 Å². The van der Waals surface area contributed by atoms with Crippen LogP contribution in [0.15, 0.2) is 18.2 Å². The third kappa shape index (κ3) is 4.48. The molecule has 2 rings (SSSR count). The molecule has 1 aliphatic carbocycles. The van der Waals surface area contributed by atoms with Crippen molar-refractivity contribution in [1.82, 2.24) is 5.32 Å². The standard InChI is InChI=1S/C16H22N2O3/c1-11-8-9-12(15(19)20)10-14(11)18-16(21)17-13-6-4-2-3-5-7-13/h8-10,13H,2-7H2,1H3,(H,19,20)(H2,17,18,21). The molecule has 0 saturated heterocycles. The molecule has 1 aliphatic rings. The summed E-state index contributed by atoms with van der Waals surface area (Å²) < 4.78 is 0. The third-order valence-corrected chi connectivity index (χ3v) is 3.92. The van der Waals surface area contributed by atoms with Gasteiger partial charge in [0.25, 0.3) is 0 Å². The fraction of sp³-hybridized carbons (Fsp3) is 0.500. The van der Waals surface area contributed by atoms with Crippen molar-refractivity contribution in [1.29, 1.82) is 0 Å². The van der Waals surface area contributed by atoms with Gasteiger partial charge in [-0.05, 0) is 37.5 Å². The van der Waals surface area contributed by atoms with E-state index in [-0.39, 0.29) is 17.6 Å². The van der Waals surface area contributed by atoms with Gasteiger partial charge in [0.1, 0.15) is 0 Å². The van der Waals surface area contributed by atoms with Crippen LogP contribution in [0.5, 0.6) is 0 Å². The quantitative estimate of drug-likeness (QED) is 0.745. The number of urea groups is 1. The summed E-state index contributed by atoms with van der Waals surface area (Å²) in [6.45, 7) is 1.84. The lowest BCUT2D eigenvalue weighted by Crippen LogP contribution is -2.37. The number of carboxylic acid groups (broad SMARTS) is 1. The fourth-order valence-electron chi connectivity index (χ4n) is 2.66. The van der Waals surface area contributed by atoms with Gasteiger partial charge in [0, 0.05) is 11.7 Å². The van der Waals surface area contributed by atoms with E-state index in [4.69, 9.17) is 5.11 Å². The van der Waals surface area contributed by atoms with Crippen molar-refractivity contribution in [2.75, 3.05) is 5.32 Å². The Hall–Kier alpha value is -2.04. The Kier molecular flexibility index (Phi) is 5.20. The van der Waals surface area contributed by atoms with Crippen molar-refractivity contribution in [3.8, 4) is 0 Å². The van der Waals surface area contributed by atoms with Crippen molar-refractivity contribution in [3.05, 3.63) is 29.3 Å². The zero-order valence-corrected chi connectivity index (χ0v) is 12.3. The highest BCUT2D eigenvalue weighted by Crippen LogP contribution is 2.19. The minimum absolute atomic E-state index is 0.172. The van der Waals surface area contributed by atoms with Crippen LogP contribution in [-0.4, -0.2) is 23.1 Å². The largest absolute Gasteiger partial charge is 0.478 e. The number of hydrogen-bond acceptors (Lipinski definition) is 2. The van der Waals surface area contributed by atoms with E-state index in [0.717, 1.165) is 31.2 Å². The van der Waals surface area contributed by atoms with E-state index in [1.165, 1.54) is 25.0 Å². The predicted octanol–water partition coefficient (Wildman–Crippen LogP) is 3.54. The number of rotatable bonds is 3. The molecular formula is C16H22N2O3. The molecule has 0 atom stereocenters. The number of aryl methyl sites for hydroxylation is 1. The van der Waals surface area contributed by atoms with Crippen LogP contribution in [0.3, 0.4) is 0 Å². The van der Waals surface area contributed by atoms with Gasteiger partial charge < -0.3 is 15.7 Å². The van der Waals surface area contributed by atoms with Crippen molar-refractivity contribution in [2.45, 2.75) is 51.5 Å². The first-order chi connectivity index (χ1) is 10.1. The Bertz CT molecular complexity index is 520. The van der Waals surface area contributed by atoms with Gasteiger partial charge in [-0.3, -0.25) is 0 Å². The number of carboxylic acids is 1. The zero-order chi connectivity index (χ0) is 15.2.